The number of thiol groups is 1. The van der Waals surface area contributed by atoms with Crippen molar-refractivity contribution in [2.75, 3.05) is 7.05 Å². The van der Waals surface area contributed by atoms with Crippen molar-refractivity contribution < 1.29 is 4.48 Å². The molecule has 0 unspecified atom stereocenters. The molecule has 0 aliphatic rings. The third-order valence-electron chi connectivity index (χ3n) is 0.472. The largest absolute Gasteiger partial charge is 0.222 e. The van der Waals surface area contributed by atoms with Crippen LogP contribution in [0.1, 0.15) is 0 Å². The van der Waals surface area contributed by atoms with Gasteiger partial charge >= 0.3 is 0 Å². The Labute approximate surface area is 53.8 Å². The van der Waals surface area contributed by atoms with Crippen molar-refractivity contribution >= 4 is 12.6 Å². The second-order valence-electron chi connectivity index (χ2n) is 1.33. The molecule has 0 fully saturated rings. The van der Waals surface area contributed by atoms with Crippen LogP contribution >= 0.6 is 12.6 Å². The zero-order valence-corrected chi connectivity index (χ0v) is 5.53. The molecule has 0 saturated carbocycles. The van der Waals surface area contributed by atoms with E-state index < -0.39 is 0 Å². The van der Waals surface area contributed by atoms with Crippen LogP contribution in [-0.2, 0) is 0 Å². The Kier molecular flexibility index (Phi) is 3.35. The van der Waals surface area contributed by atoms with Gasteiger partial charge in [-0.25, -0.2) is 5.12 Å². The average Bonchev–Trinajstić information content (AvgIpc) is 1.61. The molecule has 0 aliphatic heterocycles. The zero-order valence-electron chi connectivity index (χ0n) is 4.63. The molecule has 0 radical (unpaired) electrons. The van der Waals surface area contributed by atoms with Crippen molar-refractivity contribution in [3.8, 4) is 0 Å². The lowest BCUT2D eigenvalue weighted by molar-refractivity contribution is 0.128. The van der Waals surface area contributed by atoms with Crippen molar-refractivity contribution in [3.05, 3.63) is 23.8 Å². The predicted octanol–water partition coefficient (Wildman–Crippen LogP) is 1.76. The second kappa shape index (κ2) is 3.55. The highest BCUT2D eigenvalue weighted by Gasteiger charge is 1.78. The van der Waals surface area contributed by atoms with Crippen LogP contribution < -0.4 is 0 Å². The molecule has 0 N–H and O–H groups in total. The van der Waals surface area contributed by atoms with Gasteiger partial charge in [0.05, 0.1) is 0 Å². The van der Waals surface area contributed by atoms with Crippen LogP contribution in [0.2, 0.25) is 0 Å². The van der Waals surface area contributed by atoms with Crippen molar-refractivity contribution in [2.24, 2.45) is 0 Å². The summed E-state index contributed by atoms with van der Waals surface area (Å²) in [5.74, 6) is 0. The van der Waals surface area contributed by atoms with E-state index in [-0.39, 0.29) is 0 Å². The number of rotatable bonds is 2. The van der Waals surface area contributed by atoms with Gasteiger partial charge in [0, 0.05) is 13.2 Å². The first-order chi connectivity index (χ1) is 3.63. The second-order valence-corrected chi connectivity index (χ2v) is 1.91. The van der Waals surface area contributed by atoms with Crippen LogP contribution in [0.4, 0.5) is 4.48 Å². The van der Waals surface area contributed by atoms with Crippen molar-refractivity contribution in [3.63, 3.8) is 0 Å². The summed E-state index contributed by atoms with van der Waals surface area (Å²) in [6.45, 7) is 3.41. The number of hydrogen-bond donors (Lipinski definition) is 1. The lowest BCUT2D eigenvalue weighted by Gasteiger charge is -1.94. The highest BCUT2D eigenvalue weighted by molar-refractivity contribution is 7.84. The average molecular weight is 133 g/mol. The van der Waals surface area contributed by atoms with Gasteiger partial charge in [-0.05, 0) is 11.0 Å². The van der Waals surface area contributed by atoms with Gasteiger partial charge in [0.2, 0.25) is 0 Å². The monoisotopic (exact) mass is 133 g/mol. The smallest absolute Gasteiger partial charge is 0.0387 e. The van der Waals surface area contributed by atoms with Gasteiger partial charge in [-0.2, -0.15) is 0 Å². The molecule has 1 nitrogen and oxygen atoms in total. The van der Waals surface area contributed by atoms with Crippen LogP contribution in [-0.4, -0.2) is 12.2 Å². The molecule has 46 valence electrons. The molecule has 0 rings (SSSR count). The Balaban J connectivity index is 3.50. The van der Waals surface area contributed by atoms with Gasteiger partial charge < -0.3 is 0 Å². The number of allylic oxidation sites excluding steroid dienone is 1. The molecule has 0 bridgehead atoms. The summed E-state index contributed by atoms with van der Waals surface area (Å²) in [5, 5.41) is 0.432. The Bertz CT molecular complexity index is 109. The summed E-state index contributed by atoms with van der Waals surface area (Å²) in [6, 6.07) is 0. The molecule has 0 heterocycles. The zero-order chi connectivity index (χ0) is 6.57. The normalized spacial score (nSPS) is 9.88. The Morgan fingerprint density at radius 3 is 2.50 bits per heavy atom. The summed E-state index contributed by atoms with van der Waals surface area (Å²) in [6.07, 6.45) is 2.69. The minimum Gasteiger partial charge on any atom is -0.222 e. The molecule has 0 spiro atoms. The van der Waals surface area contributed by atoms with Gasteiger partial charge in [-0.1, -0.05) is 6.58 Å². The van der Waals surface area contributed by atoms with E-state index in [4.69, 9.17) is 0 Å². The Morgan fingerprint density at radius 2 is 2.38 bits per heavy atom. The first-order valence-electron chi connectivity index (χ1n) is 2.07. The summed E-state index contributed by atoms with van der Waals surface area (Å²) in [5.41, 5.74) is 0. The minimum atomic E-state index is 0.432. The third kappa shape index (κ3) is 5.56. The van der Waals surface area contributed by atoms with Gasteiger partial charge in [0.15, 0.2) is 0 Å². The first kappa shape index (κ1) is 7.56. The summed E-state index contributed by atoms with van der Waals surface area (Å²) in [7, 11) is 1.28. The maximum atomic E-state index is 11.7. The molecule has 0 amide bonds. The topological polar surface area (TPSA) is 3.24 Å². The molecule has 0 atom stereocenters. The fraction of sp³-hybridized carbons (Fsp3) is 0.200. The van der Waals surface area contributed by atoms with Gasteiger partial charge in [-0.3, -0.25) is 0 Å². The standard InChI is InChI=1S/C5H8FNS/c1-5(8)3-4-7(2)6/h3-4,8H,1H2,2H3/b4-3+. The molecular weight excluding hydrogens is 125 g/mol. The fourth-order valence-corrected chi connectivity index (χ4v) is 0.255. The van der Waals surface area contributed by atoms with Gasteiger partial charge in [0.1, 0.15) is 0 Å². The minimum absolute atomic E-state index is 0.432. The summed E-state index contributed by atoms with van der Waals surface area (Å²) >= 11 is 3.80. The molecule has 0 aromatic heterocycles. The Morgan fingerprint density at radius 1 is 1.88 bits per heavy atom. The number of halogens is 1. The Hall–Kier alpha value is -0.440. The van der Waals surface area contributed by atoms with E-state index in [1.807, 2.05) is 0 Å². The lowest BCUT2D eigenvalue weighted by Crippen LogP contribution is -1.92. The highest BCUT2D eigenvalue weighted by Crippen LogP contribution is 1.97. The predicted molar refractivity (Wildman–Crippen MR) is 36.1 cm³/mol. The summed E-state index contributed by atoms with van der Waals surface area (Å²) in [4.78, 5) is 0.537. The summed E-state index contributed by atoms with van der Waals surface area (Å²) < 4.78 is 11.7. The molecular formula is C5H8FNS. The van der Waals surface area contributed by atoms with Crippen molar-refractivity contribution in [2.45, 2.75) is 0 Å². The van der Waals surface area contributed by atoms with Crippen LogP contribution in [0.15, 0.2) is 23.8 Å². The quantitative estimate of drug-likeness (QED) is 0.341. The number of nitrogens with zero attached hydrogens (tertiary/aromatic N) is 1. The molecule has 8 heavy (non-hydrogen) atoms. The van der Waals surface area contributed by atoms with E-state index in [2.05, 4.69) is 19.2 Å². The molecule has 0 saturated heterocycles. The van der Waals surface area contributed by atoms with Crippen LogP contribution in [0, 0.1) is 0 Å². The van der Waals surface area contributed by atoms with E-state index >= 15 is 0 Å². The van der Waals surface area contributed by atoms with E-state index in [0.717, 1.165) is 0 Å². The molecule has 0 aliphatic carbocycles. The van der Waals surface area contributed by atoms with Gasteiger partial charge in [0.25, 0.3) is 0 Å². The highest BCUT2D eigenvalue weighted by atomic mass is 32.1. The first-order valence-corrected chi connectivity index (χ1v) is 2.52. The molecule has 0 aromatic rings. The molecule has 3 heteroatoms. The maximum Gasteiger partial charge on any atom is 0.0387 e. The van der Waals surface area contributed by atoms with E-state index in [9.17, 15) is 4.48 Å². The maximum absolute atomic E-state index is 11.7. The van der Waals surface area contributed by atoms with Crippen LogP contribution in [0.3, 0.4) is 0 Å². The number of hydrogen-bond acceptors (Lipinski definition) is 2. The molecule has 0 aromatic carbocycles. The third-order valence-corrected chi connectivity index (χ3v) is 0.621. The van der Waals surface area contributed by atoms with E-state index in [0.29, 0.717) is 10.0 Å². The van der Waals surface area contributed by atoms with Crippen LogP contribution in [0.5, 0.6) is 0 Å². The lowest BCUT2D eigenvalue weighted by atomic mass is 10.6. The van der Waals surface area contributed by atoms with Gasteiger partial charge in [-0.15, -0.1) is 17.1 Å². The van der Waals surface area contributed by atoms with Crippen molar-refractivity contribution in [1.82, 2.24) is 5.12 Å². The fourth-order valence-electron chi connectivity index (χ4n) is 0.189. The van der Waals surface area contributed by atoms with E-state index in [1.165, 1.54) is 19.3 Å². The van der Waals surface area contributed by atoms with E-state index in [1.54, 1.807) is 0 Å². The SMILES string of the molecule is C=C(S)/C=C/N(C)F. The van der Waals surface area contributed by atoms with Crippen LogP contribution in [0.25, 0.3) is 0 Å². The van der Waals surface area contributed by atoms with Crippen molar-refractivity contribution in [1.29, 1.82) is 0 Å².